The maximum atomic E-state index is 10.6. The van der Waals surface area contributed by atoms with E-state index in [1.54, 1.807) is 7.11 Å². The highest BCUT2D eigenvalue weighted by Crippen LogP contribution is 2.32. The first-order valence-electron chi connectivity index (χ1n) is 7.24. The number of hydrogen-bond donors (Lipinski definition) is 1. The quantitative estimate of drug-likeness (QED) is 0.798. The predicted octanol–water partition coefficient (Wildman–Crippen LogP) is 1.91. The Morgan fingerprint density at radius 2 is 2.15 bits per heavy atom. The molecule has 1 heterocycles. The van der Waals surface area contributed by atoms with Crippen LogP contribution in [0.15, 0.2) is 28.6 Å². The molecule has 1 aliphatic heterocycles. The summed E-state index contributed by atoms with van der Waals surface area (Å²) in [5.41, 5.74) is 0.656. The van der Waals surface area contributed by atoms with Crippen LogP contribution in [0.4, 0.5) is 0 Å². The van der Waals surface area contributed by atoms with Crippen molar-refractivity contribution in [2.24, 2.45) is 10.9 Å². The van der Waals surface area contributed by atoms with Gasteiger partial charge < -0.3 is 14.8 Å². The van der Waals surface area contributed by atoms with Crippen molar-refractivity contribution in [2.75, 3.05) is 7.11 Å². The highest BCUT2D eigenvalue weighted by atomic mass is 16.5. The van der Waals surface area contributed by atoms with E-state index in [4.69, 9.17) is 14.5 Å². The lowest BCUT2D eigenvalue weighted by Crippen LogP contribution is -2.28. The molecule has 3 aliphatic rings. The molecule has 0 spiro atoms. The van der Waals surface area contributed by atoms with Crippen LogP contribution >= 0.6 is 0 Å². The molecule has 5 heteroatoms. The molecule has 5 nitrogen and oxygen atoms in total. The zero-order chi connectivity index (χ0) is 13.9. The number of carbonyl (C=O) groups is 1. The predicted molar refractivity (Wildman–Crippen MR) is 75.0 cm³/mol. The minimum Gasteiger partial charge on any atom is -0.495 e. The Bertz CT molecular complexity index is 476. The molecule has 20 heavy (non-hydrogen) atoms. The number of amides is 1. The highest BCUT2D eigenvalue weighted by Gasteiger charge is 2.36. The van der Waals surface area contributed by atoms with Gasteiger partial charge in [-0.15, -0.1) is 0 Å². The molecule has 1 amide bonds. The van der Waals surface area contributed by atoms with E-state index in [0.717, 1.165) is 5.90 Å². The second-order valence-corrected chi connectivity index (χ2v) is 5.45. The standard InChI is InChI=1S/C15H20N2O3/c1-19-13-8-12-14(7-11(13)16-9-18)20-15(17-12)10-5-3-2-4-6-10/h7-10,12,14H,2-6H2,1H3,(H,16,18). The van der Waals surface area contributed by atoms with Crippen molar-refractivity contribution in [2.45, 2.75) is 44.2 Å². The third-order valence-electron chi connectivity index (χ3n) is 4.18. The molecule has 2 atom stereocenters. The summed E-state index contributed by atoms with van der Waals surface area (Å²) in [4.78, 5) is 15.3. The lowest BCUT2D eigenvalue weighted by molar-refractivity contribution is -0.109. The summed E-state index contributed by atoms with van der Waals surface area (Å²) in [6.45, 7) is 0. The van der Waals surface area contributed by atoms with Crippen molar-refractivity contribution in [3.8, 4) is 0 Å². The molecule has 2 unspecified atom stereocenters. The summed E-state index contributed by atoms with van der Waals surface area (Å²) in [5.74, 6) is 2.00. The highest BCUT2D eigenvalue weighted by molar-refractivity contribution is 5.81. The van der Waals surface area contributed by atoms with E-state index in [-0.39, 0.29) is 12.1 Å². The Balaban J connectivity index is 1.76. The molecule has 1 saturated carbocycles. The van der Waals surface area contributed by atoms with Gasteiger partial charge >= 0.3 is 0 Å². The second-order valence-electron chi connectivity index (χ2n) is 5.45. The lowest BCUT2D eigenvalue weighted by Gasteiger charge is -2.23. The molecule has 0 bridgehead atoms. The zero-order valence-corrected chi connectivity index (χ0v) is 11.7. The number of nitrogens with one attached hydrogen (secondary N) is 1. The molecular formula is C15H20N2O3. The summed E-state index contributed by atoms with van der Waals surface area (Å²) in [6, 6.07) is -0.0286. The Kier molecular flexibility index (Phi) is 3.76. The molecule has 0 aromatic heterocycles. The van der Waals surface area contributed by atoms with E-state index >= 15 is 0 Å². The van der Waals surface area contributed by atoms with Crippen molar-refractivity contribution in [3.63, 3.8) is 0 Å². The zero-order valence-electron chi connectivity index (χ0n) is 11.7. The van der Waals surface area contributed by atoms with E-state index < -0.39 is 0 Å². The topological polar surface area (TPSA) is 59.9 Å². The molecule has 3 rings (SSSR count). The number of fused-ring (bicyclic) bond motifs is 1. The second kappa shape index (κ2) is 5.69. The Morgan fingerprint density at radius 3 is 2.85 bits per heavy atom. The first-order chi connectivity index (χ1) is 9.81. The normalized spacial score (nSPS) is 29.6. The summed E-state index contributed by atoms with van der Waals surface area (Å²) in [6.07, 6.45) is 10.5. The number of rotatable bonds is 4. The van der Waals surface area contributed by atoms with E-state index in [2.05, 4.69) is 5.32 Å². The van der Waals surface area contributed by atoms with Gasteiger partial charge in [0, 0.05) is 5.92 Å². The van der Waals surface area contributed by atoms with E-state index in [1.165, 1.54) is 32.1 Å². The maximum Gasteiger partial charge on any atom is 0.211 e. The Morgan fingerprint density at radius 1 is 1.35 bits per heavy atom. The largest absolute Gasteiger partial charge is 0.495 e. The van der Waals surface area contributed by atoms with Crippen molar-refractivity contribution in [1.29, 1.82) is 0 Å². The lowest BCUT2D eigenvalue weighted by atomic mass is 9.89. The maximum absolute atomic E-state index is 10.6. The average Bonchev–Trinajstić information content (AvgIpc) is 2.90. The van der Waals surface area contributed by atoms with Crippen LogP contribution in [0.25, 0.3) is 0 Å². The first kappa shape index (κ1) is 13.2. The van der Waals surface area contributed by atoms with Crippen molar-refractivity contribution in [3.05, 3.63) is 23.6 Å². The third-order valence-corrected chi connectivity index (χ3v) is 4.18. The van der Waals surface area contributed by atoms with E-state index in [0.29, 0.717) is 23.8 Å². The average molecular weight is 276 g/mol. The summed E-state index contributed by atoms with van der Waals surface area (Å²) < 4.78 is 11.3. The minimum atomic E-state index is -0.117. The van der Waals surface area contributed by atoms with Gasteiger partial charge in [0.1, 0.15) is 17.9 Å². The van der Waals surface area contributed by atoms with Crippen LogP contribution in [0.2, 0.25) is 0 Å². The summed E-state index contributed by atoms with van der Waals surface area (Å²) in [7, 11) is 1.59. The van der Waals surface area contributed by atoms with Crippen LogP contribution in [0, 0.1) is 5.92 Å². The van der Waals surface area contributed by atoms with Crippen LogP contribution in [0.5, 0.6) is 0 Å². The van der Waals surface area contributed by atoms with Crippen molar-refractivity contribution < 1.29 is 14.3 Å². The van der Waals surface area contributed by atoms with Gasteiger partial charge in [0.25, 0.3) is 0 Å². The number of nitrogens with zero attached hydrogens (tertiary/aromatic N) is 1. The number of ether oxygens (including phenoxy) is 2. The number of hydrogen-bond acceptors (Lipinski definition) is 4. The summed E-state index contributed by atoms with van der Waals surface area (Å²) in [5, 5.41) is 2.65. The van der Waals surface area contributed by atoms with Gasteiger partial charge in [-0.1, -0.05) is 19.3 Å². The molecule has 2 aliphatic carbocycles. The monoisotopic (exact) mass is 276 g/mol. The summed E-state index contributed by atoms with van der Waals surface area (Å²) >= 11 is 0. The van der Waals surface area contributed by atoms with Gasteiger partial charge in [-0.25, -0.2) is 4.99 Å². The minimum absolute atomic E-state index is 0.0286. The fraction of sp³-hybridized carbons (Fsp3) is 0.600. The van der Waals surface area contributed by atoms with Crippen LogP contribution in [0.1, 0.15) is 32.1 Å². The Labute approximate surface area is 118 Å². The fourth-order valence-electron chi connectivity index (χ4n) is 3.13. The number of aliphatic imine (C=N–C) groups is 1. The van der Waals surface area contributed by atoms with Gasteiger partial charge in [0.15, 0.2) is 5.90 Å². The molecule has 1 N–H and O–H groups in total. The molecule has 0 radical (unpaired) electrons. The van der Waals surface area contributed by atoms with E-state index in [1.807, 2.05) is 12.2 Å². The van der Waals surface area contributed by atoms with Crippen molar-refractivity contribution >= 4 is 12.3 Å². The van der Waals surface area contributed by atoms with Crippen LogP contribution < -0.4 is 5.32 Å². The van der Waals surface area contributed by atoms with Gasteiger partial charge in [-0.2, -0.15) is 0 Å². The van der Waals surface area contributed by atoms with Crippen LogP contribution in [0.3, 0.4) is 0 Å². The SMILES string of the molecule is COC1=CC2N=C(C3CCCCC3)OC2C=C1NC=O. The smallest absolute Gasteiger partial charge is 0.211 e. The van der Waals surface area contributed by atoms with Gasteiger partial charge in [0.2, 0.25) is 6.41 Å². The third kappa shape index (κ3) is 2.44. The van der Waals surface area contributed by atoms with E-state index in [9.17, 15) is 4.79 Å². The molecule has 1 fully saturated rings. The number of methoxy groups -OCH3 is 1. The molecule has 108 valence electrons. The Hall–Kier alpha value is -1.78. The first-order valence-corrected chi connectivity index (χ1v) is 7.24. The fourth-order valence-corrected chi connectivity index (χ4v) is 3.13. The van der Waals surface area contributed by atoms with Gasteiger partial charge in [-0.3, -0.25) is 4.79 Å². The molecule has 0 aromatic carbocycles. The molecule has 0 saturated heterocycles. The molecular weight excluding hydrogens is 256 g/mol. The van der Waals surface area contributed by atoms with Crippen LogP contribution in [-0.2, 0) is 14.3 Å². The van der Waals surface area contributed by atoms with Crippen LogP contribution in [-0.4, -0.2) is 31.6 Å². The molecule has 0 aromatic rings. The number of carbonyl (C=O) groups excluding carboxylic acids is 1. The van der Waals surface area contributed by atoms with Gasteiger partial charge in [0.05, 0.1) is 12.8 Å². The van der Waals surface area contributed by atoms with Gasteiger partial charge in [-0.05, 0) is 25.0 Å². The van der Waals surface area contributed by atoms with Crippen molar-refractivity contribution in [1.82, 2.24) is 5.32 Å².